The van der Waals surface area contributed by atoms with Crippen molar-refractivity contribution in [2.75, 3.05) is 26.7 Å². The van der Waals surface area contributed by atoms with Crippen molar-refractivity contribution in [3.63, 3.8) is 0 Å². The molecule has 0 radical (unpaired) electrons. The molecule has 1 aliphatic rings. The highest BCUT2D eigenvalue weighted by Gasteiger charge is 2.33. The van der Waals surface area contributed by atoms with Gasteiger partial charge in [-0.15, -0.1) is 11.3 Å². The summed E-state index contributed by atoms with van der Waals surface area (Å²) in [6.07, 6.45) is 2.62. The molecule has 0 amide bonds. The van der Waals surface area contributed by atoms with Gasteiger partial charge in [0, 0.05) is 10.8 Å². The second-order valence-corrected chi connectivity index (χ2v) is 7.72. The summed E-state index contributed by atoms with van der Waals surface area (Å²) in [7, 11) is 2.06. The zero-order chi connectivity index (χ0) is 14.8. The fourth-order valence-corrected chi connectivity index (χ4v) is 4.11. The predicted molar refractivity (Wildman–Crippen MR) is 87.5 cm³/mol. The van der Waals surface area contributed by atoms with Gasteiger partial charge in [0.25, 0.3) is 0 Å². The van der Waals surface area contributed by atoms with Crippen LogP contribution in [-0.2, 0) is 5.41 Å². The van der Waals surface area contributed by atoms with E-state index in [0.717, 1.165) is 13.1 Å². The first kappa shape index (κ1) is 15.9. The Morgan fingerprint density at radius 3 is 2.75 bits per heavy atom. The third-order valence-corrected chi connectivity index (χ3v) is 5.49. The summed E-state index contributed by atoms with van der Waals surface area (Å²) >= 11 is 1.82. The lowest BCUT2D eigenvalue weighted by atomic mass is 9.87. The fraction of sp³-hybridized carbons (Fsp3) is 0.812. The minimum atomic E-state index is 0.160. The van der Waals surface area contributed by atoms with Gasteiger partial charge >= 0.3 is 0 Å². The Hall–Kier alpha value is -0.450. The largest absolute Gasteiger partial charge is 0.319 e. The highest BCUT2D eigenvalue weighted by molar-refractivity contribution is 7.09. The number of nitrogens with one attached hydrogen (secondary N) is 1. The molecule has 3 nitrogen and oxygen atoms in total. The molecule has 0 saturated carbocycles. The molecule has 1 aliphatic heterocycles. The Morgan fingerprint density at radius 2 is 2.20 bits per heavy atom. The summed E-state index contributed by atoms with van der Waals surface area (Å²) in [5.74, 6) is 0.684. The lowest BCUT2D eigenvalue weighted by Gasteiger charge is -2.40. The van der Waals surface area contributed by atoms with Gasteiger partial charge in [-0.2, -0.15) is 0 Å². The molecule has 20 heavy (non-hydrogen) atoms. The van der Waals surface area contributed by atoms with Crippen molar-refractivity contribution < 1.29 is 0 Å². The monoisotopic (exact) mass is 295 g/mol. The number of likely N-dealkylation sites (tertiary alicyclic amines) is 1. The summed E-state index contributed by atoms with van der Waals surface area (Å²) in [5, 5.41) is 6.92. The SMILES string of the molecule is CCN1CCCC(CNC)C1c1csc(C(C)(C)C)n1. The molecule has 0 aromatic carbocycles. The normalized spacial score (nSPS) is 25.1. The van der Waals surface area contributed by atoms with Gasteiger partial charge in [0.2, 0.25) is 0 Å². The molecule has 114 valence electrons. The summed E-state index contributed by atoms with van der Waals surface area (Å²) < 4.78 is 0. The average Bonchev–Trinajstić information content (AvgIpc) is 2.88. The van der Waals surface area contributed by atoms with Crippen molar-refractivity contribution in [2.24, 2.45) is 5.92 Å². The van der Waals surface area contributed by atoms with Gasteiger partial charge in [0.05, 0.1) is 16.7 Å². The number of piperidine rings is 1. The summed E-state index contributed by atoms with van der Waals surface area (Å²) in [6, 6.07) is 0.494. The molecule has 4 heteroatoms. The smallest absolute Gasteiger partial charge is 0.0982 e. The first-order chi connectivity index (χ1) is 9.47. The van der Waals surface area contributed by atoms with Crippen LogP contribution in [0, 0.1) is 5.92 Å². The first-order valence-electron chi connectivity index (χ1n) is 7.82. The molecule has 1 saturated heterocycles. The molecule has 1 aromatic heterocycles. The Morgan fingerprint density at radius 1 is 1.45 bits per heavy atom. The molecule has 1 fully saturated rings. The average molecular weight is 295 g/mol. The van der Waals surface area contributed by atoms with Crippen LogP contribution < -0.4 is 5.32 Å². The van der Waals surface area contributed by atoms with Crippen LogP contribution in [0.3, 0.4) is 0 Å². The summed E-state index contributed by atoms with van der Waals surface area (Å²) in [5.41, 5.74) is 1.45. The predicted octanol–water partition coefficient (Wildman–Crippen LogP) is 3.43. The first-order valence-corrected chi connectivity index (χ1v) is 8.70. The summed E-state index contributed by atoms with van der Waals surface area (Å²) in [6.45, 7) is 12.4. The minimum Gasteiger partial charge on any atom is -0.319 e. The van der Waals surface area contributed by atoms with Crippen LogP contribution >= 0.6 is 11.3 Å². The summed E-state index contributed by atoms with van der Waals surface area (Å²) in [4.78, 5) is 7.59. The van der Waals surface area contributed by atoms with E-state index in [0.29, 0.717) is 12.0 Å². The fourth-order valence-electron chi connectivity index (χ4n) is 3.18. The van der Waals surface area contributed by atoms with E-state index in [4.69, 9.17) is 4.98 Å². The molecule has 2 atom stereocenters. The van der Waals surface area contributed by atoms with E-state index >= 15 is 0 Å². The Balaban J connectivity index is 2.26. The number of thiazole rings is 1. The number of hydrogen-bond donors (Lipinski definition) is 1. The number of rotatable bonds is 4. The van der Waals surface area contributed by atoms with E-state index in [1.807, 2.05) is 11.3 Å². The van der Waals surface area contributed by atoms with E-state index in [1.165, 1.54) is 30.1 Å². The van der Waals surface area contributed by atoms with Gasteiger partial charge in [0.15, 0.2) is 0 Å². The van der Waals surface area contributed by atoms with Crippen molar-refractivity contribution in [2.45, 2.75) is 52.0 Å². The van der Waals surface area contributed by atoms with Gasteiger partial charge in [0.1, 0.15) is 0 Å². The molecule has 0 spiro atoms. The maximum absolute atomic E-state index is 4.98. The molecular formula is C16H29N3S. The van der Waals surface area contributed by atoms with Crippen molar-refractivity contribution in [3.05, 3.63) is 16.1 Å². The lowest BCUT2D eigenvalue weighted by Crippen LogP contribution is -2.42. The molecular weight excluding hydrogens is 266 g/mol. The molecule has 0 bridgehead atoms. The van der Waals surface area contributed by atoms with E-state index in [9.17, 15) is 0 Å². The van der Waals surface area contributed by atoms with Crippen LogP contribution in [0.5, 0.6) is 0 Å². The lowest BCUT2D eigenvalue weighted by molar-refractivity contribution is 0.0954. The van der Waals surface area contributed by atoms with Crippen LogP contribution in [0.1, 0.15) is 57.3 Å². The second-order valence-electron chi connectivity index (χ2n) is 6.86. The van der Waals surface area contributed by atoms with E-state index in [1.54, 1.807) is 0 Å². The number of aromatic nitrogens is 1. The Kier molecular flexibility index (Phi) is 5.21. The van der Waals surface area contributed by atoms with Crippen molar-refractivity contribution in [1.29, 1.82) is 0 Å². The van der Waals surface area contributed by atoms with Crippen LogP contribution in [-0.4, -0.2) is 36.6 Å². The van der Waals surface area contributed by atoms with Crippen molar-refractivity contribution in [3.8, 4) is 0 Å². The van der Waals surface area contributed by atoms with E-state index in [2.05, 4.69) is 50.3 Å². The van der Waals surface area contributed by atoms with Gasteiger partial charge in [-0.1, -0.05) is 27.7 Å². The highest BCUT2D eigenvalue weighted by atomic mass is 32.1. The topological polar surface area (TPSA) is 28.2 Å². The molecule has 2 heterocycles. The number of nitrogens with zero attached hydrogens (tertiary/aromatic N) is 2. The number of hydrogen-bond acceptors (Lipinski definition) is 4. The zero-order valence-corrected chi connectivity index (χ0v) is 14.4. The third-order valence-electron chi connectivity index (χ3n) is 4.20. The molecule has 2 rings (SSSR count). The molecule has 2 unspecified atom stereocenters. The van der Waals surface area contributed by atoms with E-state index in [-0.39, 0.29) is 5.41 Å². The van der Waals surface area contributed by atoms with Crippen LogP contribution in [0.2, 0.25) is 0 Å². The third kappa shape index (κ3) is 3.41. The molecule has 0 aliphatic carbocycles. The Bertz CT molecular complexity index is 420. The van der Waals surface area contributed by atoms with Crippen LogP contribution in [0.25, 0.3) is 0 Å². The molecule has 1 N–H and O–H groups in total. The Labute approximate surface area is 127 Å². The maximum atomic E-state index is 4.98. The standard InChI is InChI=1S/C16H29N3S/c1-6-19-9-7-8-12(10-17-5)14(19)13-11-20-15(18-13)16(2,3)4/h11-12,14,17H,6-10H2,1-5H3. The van der Waals surface area contributed by atoms with Crippen molar-refractivity contribution >= 4 is 11.3 Å². The van der Waals surface area contributed by atoms with Crippen LogP contribution in [0.15, 0.2) is 5.38 Å². The minimum absolute atomic E-state index is 0.160. The molecule has 1 aromatic rings. The van der Waals surface area contributed by atoms with Crippen molar-refractivity contribution in [1.82, 2.24) is 15.2 Å². The highest BCUT2D eigenvalue weighted by Crippen LogP contribution is 2.37. The zero-order valence-electron chi connectivity index (χ0n) is 13.6. The van der Waals surface area contributed by atoms with Gasteiger partial charge in [-0.3, -0.25) is 4.90 Å². The van der Waals surface area contributed by atoms with E-state index < -0.39 is 0 Å². The van der Waals surface area contributed by atoms with Gasteiger partial charge in [-0.05, 0) is 45.4 Å². The van der Waals surface area contributed by atoms with Gasteiger partial charge < -0.3 is 5.32 Å². The van der Waals surface area contributed by atoms with Gasteiger partial charge in [-0.25, -0.2) is 4.98 Å². The quantitative estimate of drug-likeness (QED) is 0.922. The maximum Gasteiger partial charge on any atom is 0.0982 e. The van der Waals surface area contributed by atoms with Crippen LogP contribution in [0.4, 0.5) is 0 Å². The second kappa shape index (κ2) is 6.54.